The molecule has 2 fully saturated rings. The van der Waals surface area contributed by atoms with Crippen molar-refractivity contribution in [1.29, 1.82) is 0 Å². The van der Waals surface area contributed by atoms with E-state index in [0.29, 0.717) is 5.92 Å². The van der Waals surface area contributed by atoms with Gasteiger partial charge in [-0.15, -0.1) is 0 Å². The fourth-order valence-electron chi connectivity index (χ4n) is 2.29. The quantitative estimate of drug-likeness (QED) is 0.915. The summed E-state index contributed by atoms with van der Waals surface area (Å²) in [6, 6.07) is 2.14. The molecule has 2 nitrogen and oxygen atoms in total. The molecule has 0 saturated heterocycles. The monoisotopic (exact) mass is 283 g/mol. The van der Waals surface area contributed by atoms with Gasteiger partial charge in [-0.25, -0.2) is 0 Å². The number of hydrogen-bond donors (Lipinski definition) is 1. The molecule has 0 radical (unpaired) electrons. The van der Waals surface area contributed by atoms with Gasteiger partial charge in [0.05, 0.1) is 4.47 Å². The summed E-state index contributed by atoms with van der Waals surface area (Å²) in [6.45, 7) is 0. The molecule has 0 bridgehead atoms. The third-order valence-corrected chi connectivity index (χ3v) is 4.62. The van der Waals surface area contributed by atoms with Crippen LogP contribution in [0.1, 0.15) is 56.0 Å². The van der Waals surface area contributed by atoms with Crippen molar-refractivity contribution >= 4 is 15.9 Å². The maximum Gasteiger partial charge on any atom is 0.121 e. The first kappa shape index (κ1) is 10.8. The largest absolute Gasteiger partial charge is 0.465 e. The van der Waals surface area contributed by atoms with Crippen LogP contribution in [0.5, 0.6) is 0 Å². The second-order valence-corrected chi connectivity index (χ2v) is 6.27. The molecule has 1 aromatic heterocycles. The number of furan rings is 1. The van der Waals surface area contributed by atoms with Crippen LogP contribution in [0.4, 0.5) is 0 Å². The number of hydrogen-bond acceptors (Lipinski definition) is 2. The van der Waals surface area contributed by atoms with Gasteiger partial charge < -0.3 is 10.2 Å². The normalized spacial score (nSPS) is 23.1. The molecule has 16 heavy (non-hydrogen) atoms. The summed E-state index contributed by atoms with van der Waals surface area (Å²) in [5.41, 5.74) is 6.22. The van der Waals surface area contributed by atoms with E-state index in [4.69, 9.17) is 10.2 Å². The number of rotatable bonds is 4. The van der Waals surface area contributed by atoms with Crippen LogP contribution in [0, 0.1) is 0 Å². The van der Waals surface area contributed by atoms with Gasteiger partial charge in [-0.1, -0.05) is 6.42 Å². The van der Waals surface area contributed by atoms with Crippen molar-refractivity contribution in [2.45, 2.75) is 56.4 Å². The van der Waals surface area contributed by atoms with Crippen molar-refractivity contribution in [3.05, 3.63) is 22.1 Å². The maximum atomic E-state index is 6.08. The molecule has 0 unspecified atom stereocenters. The number of nitrogens with two attached hydrogens (primary N) is 1. The first-order chi connectivity index (χ1) is 7.66. The Bertz CT molecular complexity index is 391. The summed E-state index contributed by atoms with van der Waals surface area (Å²) in [5, 5.41) is 0. The molecule has 2 aliphatic carbocycles. The third-order valence-electron chi connectivity index (χ3n) is 4.00. The van der Waals surface area contributed by atoms with Crippen LogP contribution in [0.3, 0.4) is 0 Å². The summed E-state index contributed by atoms with van der Waals surface area (Å²) >= 11 is 3.60. The van der Waals surface area contributed by atoms with E-state index in [0.717, 1.165) is 23.1 Å². The van der Waals surface area contributed by atoms with E-state index in [-0.39, 0.29) is 5.54 Å². The first-order valence-electron chi connectivity index (χ1n) is 6.23. The van der Waals surface area contributed by atoms with Gasteiger partial charge in [-0.2, -0.15) is 0 Å². The lowest BCUT2D eigenvalue weighted by molar-refractivity contribution is 0.331. The Labute approximate surface area is 105 Å². The van der Waals surface area contributed by atoms with E-state index in [1.165, 1.54) is 37.9 Å². The summed E-state index contributed by atoms with van der Waals surface area (Å²) < 4.78 is 7.10. The molecule has 3 rings (SSSR count). The molecule has 3 heteroatoms. The van der Waals surface area contributed by atoms with Crippen molar-refractivity contribution in [2.24, 2.45) is 5.73 Å². The molecule has 0 atom stereocenters. The molecule has 0 amide bonds. The molecular formula is C13H18BrNO. The van der Waals surface area contributed by atoms with Gasteiger partial charge in [0.1, 0.15) is 11.5 Å². The standard InChI is InChI=1S/C13H18BrNO/c14-11-8-10(4-5-13(15)6-7-13)16-12(11)9-2-1-3-9/h8-9H,1-7,15H2. The lowest BCUT2D eigenvalue weighted by Crippen LogP contribution is -2.21. The third kappa shape index (κ3) is 2.07. The highest BCUT2D eigenvalue weighted by Gasteiger charge is 2.37. The maximum absolute atomic E-state index is 6.08. The molecule has 0 aliphatic heterocycles. The fraction of sp³-hybridized carbons (Fsp3) is 0.692. The molecule has 0 spiro atoms. The summed E-state index contributed by atoms with van der Waals surface area (Å²) in [4.78, 5) is 0. The van der Waals surface area contributed by atoms with Crippen molar-refractivity contribution in [3.8, 4) is 0 Å². The Hall–Kier alpha value is -0.280. The molecule has 0 aromatic carbocycles. The van der Waals surface area contributed by atoms with E-state index >= 15 is 0 Å². The second kappa shape index (κ2) is 3.88. The van der Waals surface area contributed by atoms with Gasteiger partial charge in [0.15, 0.2) is 0 Å². The average molecular weight is 284 g/mol. The predicted molar refractivity (Wildman–Crippen MR) is 67.5 cm³/mol. The molecule has 1 aromatic rings. The van der Waals surface area contributed by atoms with Crippen LogP contribution in [0.25, 0.3) is 0 Å². The van der Waals surface area contributed by atoms with E-state index in [9.17, 15) is 0 Å². The highest BCUT2D eigenvalue weighted by molar-refractivity contribution is 9.10. The minimum Gasteiger partial charge on any atom is -0.465 e. The molecule has 2 aliphatic rings. The van der Waals surface area contributed by atoms with Gasteiger partial charge in [0, 0.05) is 17.9 Å². The van der Waals surface area contributed by atoms with E-state index in [1.807, 2.05) is 0 Å². The zero-order valence-electron chi connectivity index (χ0n) is 9.47. The highest BCUT2D eigenvalue weighted by Crippen LogP contribution is 2.42. The van der Waals surface area contributed by atoms with Crippen molar-refractivity contribution < 1.29 is 4.42 Å². The lowest BCUT2D eigenvalue weighted by atomic mass is 9.84. The van der Waals surface area contributed by atoms with Crippen molar-refractivity contribution in [1.82, 2.24) is 0 Å². The summed E-state index contributed by atoms with van der Waals surface area (Å²) in [6.07, 6.45) is 8.34. The SMILES string of the molecule is NC1(CCc2cc(Br)c(C3CCC3)o2)CC1. The summed E-state index contributed by atoms with van der Waals surface area (Å²) in [5.74, 6) is 2.93. The van der Waals surface area contributed by atoms with Crippen LogP contribution in [-0.2, 0) is 6.42 Å². The Kier molecular flexibility index (Phi) is 2.63. The van der Waals surface area contributed by atoms with Crippen molar-refractivity contribution in [3.63, 3.8) is 0 Å². The number of halogens is 1. The highest BCUT2D eigenvalue weighted by atomic mass is 79.9. The topological polar surface area (TPSA) is 39.2 Å². The zero-order chi connectivity index (χ0) is 11.2. The molecule has 2 N–H and O–H groups in total. The lowest BCUT2D eigenvalue weighted by Gasteiger charge is -2.23. The Morgan fingerprint density at radius 2 is 2.19 bits per heavy atom. The molecular weight excluding hydrogens is 266 g/mol. The van der Waals surface area contributed by atoms with Gasteiger partial charge in [-0.3, -0.25) is 0 Å². The van der Waals surface area contributed by atoms with Crippen molar-refractivity contribution in [2.75, 3.05) is 0 Å². The van der Waals surface area contributed by atoms with Crippen LogP contribution < -0.4 is 5.73 Å². The Morgan fingerprint density at radius 1 is 1.44 bits per heavy atom. The Balaban J connectivity index is 1.65. The van der Waals surface area contributed by atoms with Crippen LogP contribution >= 0.6 is 15.9 Å². The van der Waals surface area contributed by atoms with Gasteiger partial charge in [0.25, 0.3) is 0 Å². The Morgan fingerprint density at radius 3 is 2.75 bits per heavy atom. The van der Waals surface area contributed by atoms with Gasteiger partial charge in [-0.05, 0) is 54.1 Å². The van der Waals surface area contributed by atoms with Crippen LogP contribution in [0.2, 0.25) is 0 Å². The minimum atomic E-state index is 0.135. The molecule has 88 valence electrons. The summed E-state index contributed by atoms with van der Waals surface area (Å²) in [7, 11) is 0. The second-order valence-electron chi connectivity index (χ2n) is 5.42. The van der Waals surface area contributed by atoms with E-state index in [2.05, 4.69) is 22.0 Å². The minimum absolute atomic E-state index is 0.135. The smallest absolute Gasteiger partial charge is 0.121 e. The number of aryl methyl sites for hydroxylation is 1. The van der Waals surface area contributed by atoms with Gasteiger partial charge >= 0.3 is 0 Å². The zero-order valence-corrected chi connectivity index (χ0v) is 11.1. The van der Waals surface area contributed by atoms with Gasteiger partial charge in [0.2, 0.25) is 0 Å². The van der Waals surface area contributed by atoms with Crippen LogP contribution in [0.15, 0.2) is 15.0 Å². The average Bonchev–Trinajstić information content (AvgIpc) is 2.79. The first-order valence-corrected chi connectivity index (χ1v) is 7.03. The van der Waals surface area contributed by atoms with E-state index < -0.39 is 0 Å². The predicted octanol–water partition coefficient (Wildman–Crippen LogP) is 3.73. The van der Waals surface area contributed by atoms with Crippen LogP contribution in [-0.4, -0.2) is 5.54 Å². The molecule has 1 heterocycles. The van der Waals surface area contributed by atoms with E-state index in [1.54, 1.807) is 0 Å². The fourth-order valence-corrected chi connectivity index (χ4v) is 2.95. The molecule has 2 saturated carbocycles.